The molecular formula is C24H17ClFN5OS. The van der Waals surface area contributed by atoms with E-state index in [0.29, 0.717) is 27.4 Å². The number of hydrogen-bond acceptors (Lipinski definition) is 4. The number of hydrogen-bond donors (Lipinski definition) is 2. The molecule has 0 aliphatic heterocycles. The van der Waals surface area contributed by atoms with Gasteiger partial charge in [0, 0.05) is 39.1 Å². The fourth-order valence-corrected chi connectivity index (χ4v) is 4.36. The van der Waals surface area contributed by atoms with Crippen LogP contribution in [0.4, 0.5) is 10.1 Å². The summed E-state index contributed by atoms with van der Waals surface area (Å²) in [6.07, 6.45) is 1.87. The van der Waals surface area contributed by atoms with Gasteiger partial charge in [0.2, 0.25) is 5.91 Å². The average Bonchev–Trinajstić information content (AvgIpc) is 3.44. The molecule has 3 aromatic carbocycles. The third kappa shape index (κ3) is 4.48. The van der Waals surface area contributed by atoms with E-state index in [4.69, 9.17) is 11.6 Å². The van der Waals surface area contributed by atoms with Crippen LogP contribution in [-0.4, -0.2) is 31.4 Å². The van der Waals surface area contributed by atoms with Crippen LogP contribution in [-0.2, 0) is 4.79 Å². The first-order valence-electron chi connectivity index (χ1n) is 10.0. The lowest BCUT2D eigenvalue weighted by Crippen LogP contribution is -2.14. The molecule has 0 aliphatic rings. The summed E-state index contributed by atoms with van der Waals surface area (Å²) in [6, 6.07) is 20.9. The van der Waals surface area contributed by atoms with E-state index in [-0.39, 0.29) is 17.5 Å². The van der Waals surface area contributed by atoms with Crippen molar-refractivity contribution >= 4 is 45.9 Å². The highest BCUT2D eigenvalue weighted by molar-refractivity contribution is 7.99. The van der Waals surface area contributed by atoms with E-state index in [0.717, 1.165) is 16.5 Å². The second kappa shape index (κ2) is 9.09. The fraction of sp³-hybridized carbons (Fsp3) is 0.0417. The van der Waals surface area contributed by atoms with Gasteiger partial charge in [-0.2, -0.15) is 0 Å². The molecule has 164 valence electrons. The van der Waals surface area contributed by atoms with Crippen LogP contribution in [0.1, 0.15) is 0 Å². The van der Waals surface area contributed by atoms with Crippen molar-refractivity contribution in [3.63, 3.8) is 0 Å². The van der Waals surface area contributed by atoms with Gasteiger partial charge >= 0.3 is 0 Å². The summed E-state index contributed by atoms with van der Waals surface area (Å²) in [5.74, 6) is 0.192. The first kappa shape index (κ1) is 21.2. The quantitative estimate of drug-likeness (QED) is 0.297. The van der Waals surface area contributed by atoms with E-state index in [1.54, 1.807) is 36.4 Å². The Morgan fingerprint density at radius 3 is 2.58 bits per heavy atom. The number of aromatic amines is 1. The molecule has 0 radical (unpaired) electrons. The van der Waals surface area contributed by atoms with Gasteiger partial charge in [0.15, 0.2) is 11.0 Å². The topological polar surface area (TPSA) is 75.6 Å². The number of anilines is 1. The van der Waals surface area contributed by atoms with Crippen LogP contribution >= 0.6 is 23.4 Å². The van der Waals surface area contributed by atoms with Gasteiger partial charge in [-0.1, -0.05) is 41.6 Å². The molecule has 0 aliphatic carbocycles. The summed E-state index contributed by atoms with van der Waals surface area (Å²) >= 11 is 7.14. The average molecular weight is 478 g/mol. The fourth-order valence-electron chi connectivity index (χ4n) is 3.48. The lowest BCUT2D eigenvalue weighted by Gasteiger charge is -2.10. The van der Waals surface area contributed by atoms with Gasteiger partial charge in [-0.3, -0.25) is 9.36 Å². The van der Waals surface area contributed by atoms with E-state index < -0.39 is 0 Å². The summed E-state index contributed by atoms with van der Waals surface area (Å²) in [5, 5.41) is 13.7. The van der Waals surface area contributed by atoms with Crippen LogP contribution in [0.25, 0.3) is 28.0 Å². The molecule has 5 aromatic rings. The molecule has 2 N–H and O–H groups in total. The third-order valence-electron chi connectivity index (χ3n) is 5.01. The first-order chi connectivity index (χ1) is 16.1. The summed E-state index contributed by atoms with van der Waals surface area (Å²) in [5.41, 5.74) is 3.18. The number of H-pyrrole nitrogens is 1. The lowest BCUT2D eigenvalue weighted by atomic mass is 10.1. The maximum absolute atomic E-state index is 13.6. The smallest absolute Gasteiger partial charge is 0.234 e. The Labute approximate surface area is 197 Å². The van der Waals surface area contributed by atoms with Crippen molar-refractivity contribution in [1.82, 2.24) is 19.7 Å². The molecule has 0 unspecified atom stereocenters. The number of nitrogens with one attached hydrogen (secondary N) is 2. The maximum Gasteiger partial charge on any atom is 0.234 e. The van der Waals surface area contributed by atoms with Gasteiger partial charge < -0.3 is 10.3 Å². The van der Waals surface area contributed by atoms with Crippen LogP contribution in [0.5, 0.6) is 0 Å². The van der Waals surface area contributed by atoms with Crippen LogP contribution in [0.15, 0.2) is 84.1 Å². The third-order valence-corrected chi connectivity index (χ3v) is 6.19. The number of halogens is 2. The van der Waals surface area contributed by atoms with Crippen molar-refractivity contribution in [3.05, 3.63) is 89.8 Å². The monoisotopic (exact) mass is 477 g/mol. The van der Waals surface area contributed by atoms with E-state index in [1.165, 1.54) is 23.9 Å². The predicted molar refractivity (Wildman–Crippen MR) is 129 cm³/mol. The molecule has 0 saturated carbocycles. The molecule has 2 aromatic heterocycles. The highest BCUT2D eigenvalue weighted by atomic mass is 35.5. The van der Waals surface area contributed by atoms with Gasteiger partial charge in [-0.15, -0.1) is 10.2 Å². The second-order valence-electron chi connectivity index (χ2n) is 7.21. The summed E-state index contributed by atoms with van der Waals surface area (Å²) in [4.78, 5) is 15.7. The standard InChI is InChI=1S/C24H17ClFN5OS/c25-15-5-9-17(10-6-15)28-22(32)14-33-24-30-29-23(31(24)18-11-7-16(26)8-12-18)20-13-27-21-4-2-1-3-19(20)21/h1-13,27H,14H2,(H,28,32). The van der Waals surface area contributed by atoms with Crippen LogP contribution < -0.4 is 5.32 Å². The van der Waals surface area contributed by atoms with Gasteiger partial charge in [0.25, 0.3) is 0 Å². The molecule has 0 saturated heterocycles. The second-order valence-corrected chi connectivity index (χ2v) is 8.59. The van der Waals surface area contributed by atoms with Crippen LogP contribution in [0.3, 0.4) is 0 Å². The number of amides is 1. The molecule has 0 atom stereocenters. The molecule has 9 heteroatoms. The van der Waals surface area contributed by atoms with E-state index in [2.05, 4.69) is 20.5 Å². The zero-order valence-corrected chi connectivity index (χ0v) is 18.7. The Morgan fingerprint density at radius 1 is 1.03 bits per heavy atom. The number of benzene rings is 3. The molecule has 0 spiro atoms. The number of thioether (sulfide) groups is 1. The lowest BCUT2D eigenvalue weighted by molar-refractivity contribution is -0.113. The Hall–Kier alpha value is -3.62. The van der Waals surface area contributed by atoms with Crippen molar-refractivity contribution in [3.8, 4) is 17.1 Å². The largest absolute Gasteiger partial charge is 0.360 e. The van der Waals surface area contributed by atoms with E-state index >= 15 is 0 Å². The molecule has 2 heterocycles. The molecule has 1 amide bonds. The number of aromatic nitrogens is 4. The number of fused-ring (bicyclic) bond motifs is 1. The zero-order chi connectivity index (χ0) is 22.8. The van der Waals surface area contributed by atoms with Gasteiger partial charge in [-0.05, 0) is 54.6 Å². The minimum atomic E-state index is -0.336. The Balaban J connectivity index is 1.46. The van der Waals surface area contributed by atoms with Crippen molar-refractivity contribution in [2.24, 2.45) is 0 Å². The number of nitrogens with zero attached hydrogens (tertiary/aromatic N) is 3. The maximum atomic E-state index is 13.6. The van der Waals surface area contributed by atoms with Crippen LogP contribution in [0.2, 0.25) is 5.02 Å². The van der Waals surface area contributed by atoms with Gasteiger partial charge in [0.05, 0.1) is 5.75 Å². The van der Waals surface area contributed by atoms with Crippen molar-refractivity contribution in [1.29, 1.82) is 0 Å². The summed E-state index contributed by atoms with van der Waals surface area (Å²) < 4.78 is 15.4. The van der Waals surface area contributed by atoms with Crippen molar-refractivity contribution in [2.45, 2.75) is 5.16 Å². The highest BCUT2D eigenvalue weighted by Gasteiger charge is 2.20. The molecule has 33 heavy (non-hydrogen) atoms. The van der Waals surface area contributed by atoms with Crippen molar-refractivity contribution in [2.75, 3.05) is 11.1 Å². The van der Waals surface area contributed by atoms with Crippen LogP contribution in [0, 0.1) is 5.82 Å². The molecule has 5 rings (SSSR count). The Kier molecular flexibility index (Phi) is 5.85. The minimum absolute atomic E-state index is 0.121. The van der Waals surface area contributed by atoms with E-state index in [1.807, 2.05) is 35.0 Å². The number of carbonyl (C=O) groups excluding carboxylic acids is 1. The van der Waals surface area contributed by atoms with Gasteiger partial charge in [-0.25, -0.2) is 4.39 Å². The number of carbonyl (C=O) groups is 1. The van der Waals surface area contributed by atoms with Crippen molar-refractivity contribution < 1.29 is 9.18 Å². The molecule has 0 bridgehead atoms. The SMILES string of the molecule is O=C(CSc1nnc(-c2c[nH]c3ccccc23)n1-c1ccc(F)cc1)Nc1ccc(Cl)cc1. The van der Waals surface area contributed by atoms with Gasteiger partial charge in [0.1, 0.15) is 5.82 Å². The first-order valence-corrected chi connectivity index (χ1v) is 11.4. The molecule has 6 nitrogen and oxygen atoms in total. The number of rotatable bonds is 6. The summed E-state index contributed by atoms with van der Waals surface area (Å²) in [7, 11) is 0. The zero-order valence-electron chi connectivity index (χ0n) is 17.1. The minimum Gasteiger partial charge on any atom is -0.360 e. The predicted octanol–water partition coefficient (Wildman–Crippen LogP) is 5.94. The highest BCUT2D eigenvalue weighted by Crippen LogP contribution is 2.32. The Bertz CT molecular complexity index is 1430. The summed E-state index contributed by atoms with van der Waals surface area (Å²) in [6.45, 7) is 0. The normalized spacial score (nSPS) is 11.1. The Morgan fingerprint density at radius 2 is 1.79 bits per heavy atom. The van der Waals surface area contributed by atoms with E-state index in [9.17, 15) is 9.18 Å². The number of para-hydroxylation sites is 1. The molecular weight excluding hydrogens is 461 g/mol. The molecule has 0 fully saturated rings.